The second kappa shape index (κ2) is 2.66. The number of dihydropyridines is 1. The molecule has 2 nitrogen and oxygen atoms in total. The first-order chi connectivity index (χ1) is 5.02. The van der Waals surface area contributed by atoms with E-state index in [4.69, 9.17) is 0 Å². The zero-order valence-electron chi connectivity index (χ0n) is 6.69. The van der Waals surface area contributed by atoms with Crippen LogP contribution in [-0.4, -0.2) is 17.3 Å². The standard InChI is InChI=1S/C8H12FNO/c1-8(2,11)6-5-10-4-3-7(6)9/h3-4,10-11H,5H2,1-2H3. The van der Waals surface area contributed by atoms with E-state index >= 15 is 0 Å². The highest BCUT2D eigenvalue weighted by molar-refractivity contribution is 5.29. The SMILES string of the molecule is CC(C)(O)C1=C(F)C=CNC1. The number of allylic oxidation sites excluding steroid dienone is 2. The summed E-state index contributed by atoms with van der Waals surface area (Å²) in [6.07, 6.45) is 2.85. The van der Waals surface area contributed by atoms with Crippen LogP contribution < -0.4 is 5.32 Å². The molecular weight excluding hydrogens is 145 g/mol. The lowest BCUT2D eigenvalue weighted by molar-refractivity contribution is 0.114. The van der Waals surface area contributed by atoms with E-state index in [1.807, 2.05) is 0 Å². The summed E-state index contributed by atoms with van der Waals surface area (Å²) >= 11 is 0. The molecule has 0 bridgehead atoms. The molecule has 1 heterocycles. The van der Waals surface area contributed by atoms with Crippen molar-refractivity contribution in [1.82, 2.24) is 5.32 Å². The first-order valence-corrected chi connectivity index (χ1v) is 3.53. The molecule has 0 aromatic heterocycles. The zero-order chi connectivity index (χ0) is 8.48. The van der Waals surface area contributed by atoms with Gasteiger partial charge in [0.15, 0.2) is 0 Å². The van der Waals surface area contributed by atoms with Crippen molar-refractivity contribution in [1.29, 1.82) is 0 Å². The van der Waals surface area contributed by atoms with E-state index in [-0.39, 0.29) is 5.83 Å². The third-order valence-corrected chi connectivity index (χ3v) is 1.65. The third-order valence-electron chi connectivity index (χ3n) is 1.65. The van der Waals surface area contributed by atoms with Gasteiger partial charge in [-0.05, 0) is 26.1 Å². The summed E-state index contributed by atoms with van der Waals surface area (Å²) in [5.41, 5.74) is -0.665. The van der Waals surface area contributed by atoms with Gasteiger partial charge in [0.25, 0.3) is 0 Å². The first kappa shape index (κ1) is 8.27. The van der Waals surface area contributed by atoms with Crippen LogP contribution in [0.1, 0.15) is 13.8 Å². The minimum Gasteiger partial charge on any atom is -0.387 e. The molecule has 1 rings (SSSR count). The normalized spacial score (nSPS) is 18.5. The molecule has 1 aliphatic rings. The maximum absolute atomic E-state index is 12.9. The Labute approximate surface area is 65.4 Å². The van der Waals surface area contributed by atoms with Crippen molar-refractivity contribution in [2.24, 2.45) is 0 Å². The molecule has 0 amide bonds. The molecule has 0 unspecified atom stereocenters. The van der Waals surface area contributed by atoms with E-state index in [0.29, 0.717) is 12.1 Å². The fourth-order valence-corrected chi connectivity index (χ4v) is 0.987. The number of halogens is 1. The molecule has 62 valence electrons. The van der Waals surface area contributed by atoms with Crippen molar-refractivity contribution >= 4 is 0 Å². The van der Waals surface area contributed by atoms with Crippen molar-refractivity contribution in [2.45, 2.75) is 19.4 Å². The molecular formula is C8H12FNO. The van der Waals surface area contributed by atoms with Gasteiger partial charge in [-0.1, -0.05) is 0 Å². The molecule has 0 aromatic rings. The Bertz CT molecular complexity index is 213. The van der Waals surface area contributed by atoms with Crippen LogP contribution >= 0.6 is 0 Å². The summed E-state index contributed by atoms with van der Waals surface area (Å²) in [5, 5.41) is 12.3. The number of aliphatic hydroxyl groups is 1. The second-order valence-corrected chi connectivity index (χ2v) is 3.10. The van der Waals surface area contributed by atoms with Crippen molar-refractivity contribution in [3.8, 4) is 0 Å². The summed E-state index contributed by atoms with van der Waals surface area (Å²) in [6.45, 7) is 3.53. The first-order valence-electron chi connectivity index (χ1n) is 3.53. The van der Waals surface area contributed by atoms with Gasteiger partial charge in [-0.3, -0.25) is 0 Å². The zero-order valence-corrected chi connectivity index (χ0v) is 6.69. The molecule has 1 aliphatic heterocycles. The number of hydrogen-bond donors (Lipinski definition) is 2. The molecule has 0 atom stereocenters. The summed E-state index contributed by atoms with van der Waals surface area (Å²) in [7, 11) is 0. The van der Waals surface area contributed by atoms with Crippen LogP contribution in [0.5, 0.6) is 0 Å². The summed E-state index contributed by atoms with van der Waals surface area (Å²) in [4.78, 5) is 0. The van der Waals surface area contributed by atoms with Crippen LogP contribution in [-0.2, 0) is 0 Å². The quantitative estimate of drug-likeness (QED) is 0.597. The Hall–Kier alpha value is -0.830. The van der Waals surface area contributed by atoms with Crippen LogP contribution in [0.15, 0.2) is 23.7 Å². The molecule has 2 N–H and O–H groups in total. The molecule has 0 aromatic carbocycles. The van der Waals surface area contributed by atoms with E-state index in [1.165, 1.54) is 12.3 Å². The van der Waals surface area contributed by atoms with Gasteiger partial charge in [0.1, 0.15) is 5.83 Å². The highest BCUT2D eigenvalue weighted by atomic mass is 19.1. The summed E-state index contributed by atoms with van der Waals surface area (Å²) < 4.78 is 12.9. The monoisotopic (exact) mass is 157 g/mol. The van der Waals surface area contributed by atoms with E-state index in [1.54, 1.807) is 13.8 Å². The van der Waals surface area contributed by atoms with E-state index in [2.05, 4.69) is 5.32 Å². The van der Waals surface area contributed by atoms with Gasteiger partial charge < -0.3 is 10.4 Å². The third kappa shape index (κ3) is 1.80. The highest BCUT2D eigenvalue weighted by Gasteiger charge is 2.23. The molecule has 0 spiro atoms. The van der Waals surface area contributed by atoms with Crippen molar-refractivity contribution < 1.29 is 9.50 Å². The van der Waals surface area contributed by atoms with E-state index < -0.39 is 5.60 Å². The second-order valence-electron chi connectivity index (χ2n) is 3.10. The molecule has 11 heavy (non-hydrogen) atoms. The summed E-state index contributed by atoms with van der Waals surface area (Å²) in [6, 6.07) is 0. The minimum atomic E-state index is -1.07. The molecule has 0 aliphatic carbocycles. The Morgan fingerprint density at radius 3 is 2.64 bits per heavy atom. The topological polar surface area (TPSA) is 32.3 Å². The predicted molar refractivity (Wildman–Crippen MR) is 41.6 cm³/mol. The van der Waals surface area contributed by atoms with Gasteiger partial charge in [-0.15, -0.1) is 0 Å². The lowest BCUT2D eigenvalue weighted by atomic mass is 9.96. The van der Waals surface area contributed by atoms with Gasteiger partial charge in [0.2, 0.25) is 0 Å². The maximum Gasteiger partial charge on any atom is 0.128 e. The lowest BCUT2D eigenvalue weighted by Gasteiger charge is -2.23. The lowest BCUT2D eigenvalue weighted by Crippen LogP contribution is -2.31. The van der Waals surface area contributed by atoms with Gasteiger partial charge in [0.05, 0.1) is 5.60 Å². The van der Waals surface area contributed by atoms with Crippen LogP contribution in [0, 0.1) is 0 Å². The molecule has 0 saturated carbocycles. The van der Waals surface area contributed by atoms with Crippen LogP contribution in [0.4, 0.5) is 4.39 Å². The fraction of sp³-hybridized carbons (Fsp3) is 0.500. The Morgan fingerprint density at radius 2 is 2.27 bits per heavy atom. The number of nitrogens with one attached hydrogen (secondary N) is 1. The number of rotatable bonds is 1. The van der Waals surface area contributed by atoms with Crippen LogP contribution in [0.3, 0.4) is 0 Å². The Balaban J connectivity index is 2.93. The Morgan fingerprint density at radius 1 is 1.64 bits per heavy atom. The van der Waals surface area contributed by atoms with Gasteiger partial charge >= 0.3 is 0 Å². The largest absolute Gasteiger partial charge is 0.387 e. The highest BCUT2D eigenvalue weighted by Crippen LogP contribution is 2.22. The van der Waals surface area contributed by atoms with Crippen molar-refractivity contribution in [2.75, 3.05) is 6.54 Å². The average molecular weight is 157 g/mol. The predicted octanol–water partition coefficient (Wildman–Crippen LogP) is 1.10. The van der Waals surface area contributed by atoms with Gasteiger partial charge in [0, 0.05) is 12.1 Å². The molecule has 3 heteroatoms. The van der Waals surface area contributed by atoms with Crippen molar-refractivity contribution in [3.05, 3.63) is 23.7 Å². The molecule has 0 saturated heterocycles. The van der Waals surface area contributed by atoms with Crippen LogP contribution in [0.2, 0.25) is 0 Å². The van der Waals surface area contributed by atoms with E-state index in [0.717, 1.165) is 0 Å². The molecule has 0 fully saturated rings. The minimum absolute atomic E-state index is 0.337. The van der Waals surface area contributed by atoms with Gasteiger partial charge in [-0.25, -0.2) is 4.39 Å². The smallest absolute Gasteiger partial charge is 0.128 e. The number of hydrogen-bond acceptors (Lipinski definition) is 2. The van der Waals surface area contributed by atoms with E-state index in [9.17, 15) is 9.50 Å². The van der Waals surface area contributed by atoms with Gasteiger partial charge in [-0.2, -0.15) is 0 Å². The van der Waals surface area contributed by atoms with Crippen molar-refractivity contribution in [3.63, 3.8) is 0 Å². The molecule has 0 radical (unpaired) electrons. The van der Waals surface area contributed by atoms with Crippen LogP contribution in [0.25, 0.3) is 0 Å². The Kier molecular flexibility index (Phi) is 2.00. The fourth-order valence-electron chi connectivity index (χ4n) is 0.987. The average Bonchev–Trinajstić information content (AvgIpc) is 1.86. The summed E-state index contributed by atoms with van der Waals surface area (Å²) in [5.74, 6) is -0.337. The maximum atomic E-state index is 12.9.